The normalized spacial score (nSPS) is 10.2. The van der Waals surface area contributed by atoms with Crippen LogP contribution in [0.4, 0.5) is 5.69 Å². The van der Waals surface area contributed by atoms with Crippen molar-refractivity contribution in [1.82, 2.24) is 5.43 Å². The van der Waals surface area contributed by atoms with Crippen molar-refractivity contribution in [3.8, 4) is 18.1 Å². The van der Waals surface area contributed by atoms with E-state index in [0.717, 1.165) is 5.56 Å². The zero-order chi connectivity index (χ0) is 18.1. The van der Waals surface area contributed by atoms with Gasteiger partial charge in [0.1, 0.15) is 12.4 Å². The molecule has 0 fully saturated rings. The number of carbonyl (C=O) groups is 1. The van der Waals surface area contributed by atoms with Crippen LogP contribution in [0.15, 0.2) is 53.6 Å². The highest BCUT2D eigenvalue weighted by molar-refractivity contribution is 5.83. The summed E-state index contributed by atoms with van der Waals surface area (Å²) in [6, 6.07) is 13.1. The Morgan fingerprint density at radius 2 is 2.00 bits per heavy atom. The van der Waals surface area contributed by atoms with E-state index in [-0.39, 0.29) is 18.7 Å². The summed E-state index contributed by atoms with van der Waals surface area (Å²) in [7, 11) is 0. The minimum Gasteiger partial charge on any atom is -0.481 e. The zero-order valence-electron chi connectivity index (χ0n) is 13.2. The second kappa shape index (κ2) is 8.84. The lowest BCUT2D eigenvalue weighted by Crippen LogP contribution is -2.20. The highest BCUT2D eigenvalue weighted by Crippen LogP contribution is 2.17. The quantitative estimate of drug-likeness (QED) is 0.363. The van der Waals surface area contributed by atoms with Crippen LogP contribution >= 0.6 is 0 Å². The van der Waals surface area contributed by atoms with Crippen LogP contribution in [0, 0.1) is 22.5 Å². The molecule has 1 amide bonds. The number of hydrogen-bond donors (Lipinski definition) is 1. The zero-order valence-corrected chi connectivity index (χ0v) is 13.2. The summed E-state index contributed by atoms with van der Waals surface area (Å²) < 4.78 is 5.24. The van der Waals surface area contributed by atoms with Crippen molar-refractivity contribution in [3.05, 3.63) is 69.8 Å². The van der Waals surface area contributed by atoms with Crippen LogP contribution < -0.4 is 10.2 Å². The van der Waals surface area contributed by atoms with Gasteiger partial charge < -0.3 is 4.74 Å². The van der Waals surface area contributed by atoms with Crippen LogP contribution in [0.3, 0.4) is 0 Å². The Morgan fingerprint density at radius 3 is 2.68 bits per heavy atom. The highest BCUT2D eigenvalue weighted by atomic mass is 16.6. The first kappa shape index (κ1) is 17.7. The molecule has 0 radical (unpaired) electrons. The molecule has 25 heavy (non-hydrogen) atoms. The summed E-state index contributed by atoms with van der Waals surface area (Å²) >= 11 is 0. The van der Waals surface area contributed by atoms with Gasteiger partial charge in [0.05, 0.1) is 17.6 Å². The first-order valence-corrected chi connectivity index (χ1v) is 7.30. The molecule has 0 aliphatic carbocycles. The van der Waals surface area contributed by atoms with E-state index in [4.69, 9.17) is 11.2 Å². The largest absolute Gasteiger partial charge is 0.481 e. The second-order valence-electron chi connectivity index (χ2n) is 4.92. The monoisotopic (exact) mass is 337 g/mol. The summed E-state index contributed by atoms with van der Waals surface area (Å²) in [5.41, 5.74) is 3.33. The fourth-order valence-corrected chi connectivity index (χ4v) is 2.00. The second-order valence-corrected chi connectivity index (χ2v) is 4.92. The third-order valence-corrected chi connectivity index (χ3v) is 3.14. The summed E-state index contributed by atoms with van der Waals surface area (Å²) in [6.45, 7) is 0.190. The van der Waals surface area contributed by atoms with E-state index >= 15 is 0 Å². The molecule has 1 N–H and O–H groups in total. The number of benzene rings is 2. The third-order valence-electron chi connectivity index (χ3n) is 3.14. The standard InChI is InChI=1S/C18H15N3O4/c1-2-11-25-16-9-7-14(8-10-16)13-19-20-18(22)12-15-5-3-4-6-17(15)21(23)24/h1,3-10,13H,11-12H2,(H,20,22). The molecule has 0 atom stereocenters. The first-order valence-electron chi connectivity index (χ1n) is 7.30. The van der Waals surface area contributed by atoms with Crippen molar-refractivity contribution >= 4 is 17.8 Å². The summed E-state index contributed by atoms with van der Waals surface area (Å²) in [6.07, 6.45) is 6.44. The van der Waals surface area contributed by atoms with Gasteiger partial charge in [-0.1, -0.05) is 24.1 Å². The lowest BCUT2D eigenvalue weighted by molar-refractivity contribution is -0.385. The number of ether oxygens (including phenoxy) is 1. The van der Waals surface area contributed by atoms with E-state index in [1.54, 1.807) is 36.4 Å². The van der Waals surface area contributed by atoms with Crippen molar-refractivity contribution in [2.45, 2.75) is 6.42 Å². The summed E-state index contributed by atoms with van der Waals surface area (Å²) in [4.78, 5) is 22.3. The maximum absolute atomic E-state index is 11.9. The van der Waals surface area contributed by atoms with E-state index in [0.29, 0.717) is 11.3 Å². The molecule has 2 aromatic carbocycles. The number of rotatable bonds is 7. The molecular weight excluding hydrogens is 322 g/mol. The van der Waals surface area contributed by atoms with Gasteiger partial charge in [-0.15, -0.1) is 6.42 Å². The van der Waals surface area contributed by atoms with E-state index in [1.807, 2.05) is 0 Å². The summed E-state index contributed by atoms with van der Waals surface area (Å²) in [5, 5.41) is 14.8. The lowest BCUT2D eigenvalue weighted by atomic mass is 10.1. The van der Waals surface area contributed by atoms with Crippen LogP contribution in [0.25, 0.3) is 0 Å². The molecule has 2 rings (SSSR count). The van der Waals surface area contributed by atoms with Gasteiger partial charge in [-0.2, -0.15) is 5.10 Å². The van der Waals surface area contributed by atoms with Crippen molar-refractivity contribution in [1.29, 1.82) is 0 Å². The molecular formula is C18H15N3O4. The van der Waals surface area contributed by atoms with Gasteiger partial charge in [0.15, 0.2) is 0 Å². The third kappa shape index (κ3) is 5.48. The molecule has 126 valence electrons. The number of carbonyl (C=O) groups excluding carboxylic acids is 1. The van der Waals surface area contributed by atoms with Gasteiger partial charge in [-0.05, 0) is 29.8 Å². The molecule has 2 aromatic rings. The van der Waals surface area contributed by atoms with Gasteiger partial charge in [0.2, 0.25) is 5.91 Å². The van der Waals surface area contributed by atoms with Gasteiger partial charge in [-0.3, -0.25) is 14.9 Å². The number of nitrogens with one attached hydrogen (secondary N) is 1. The minimum absolute atomic E-state index is 0.0933. The van der Waals surface area contributed by atoms with Crippen LogP contribution in [0.2, 0.25) is 0 Å². The van der Waals surface area contributed by atoms with E-state index in [1.165, 1.54) is 18.3 Å². The van der Waals surface area contributed by atoms with Crippen molar-refractivity contribution in [3.63, 3.8) is 0 Å². The molecule has 0 spiro atoms. The Kier molecular flexibility index (Phi) is 6.25. The fraction of sp³-hybridized carbons (Fsp3) is 0.111. The number of hydrogen-bond acceptors (Lipinski definition) is 5. The van der Waals surface area contributed by atoms with E-state index < -0.39 is 10.8 Å². The summed E-state index contributed by atoms with van der Waals surface area (Å²) in [5.74, 6) is 2.56. The SMILES string of the molecule is C#CCOc1ccc(C=NNC(=O)Cc2ccccc2[N+](=O)[O-])cc1. The molecule has 0 heterocycles. The maximum Gasteiger partial charge on any atom is 0.273 e. The number of amides is 1. The Morgan fingerprint density at radius 1 is 1.28 bits per heavy atom. The Bertz CT molecular complexity index is 823. The van der Waals surface area contributed by atoms with Crippen molar-refractivity contribution in [2.24, 2.45) is 5.10 Å². The number of nitro benzene ring substituents is 1. The van der Waals surface area contributed by atoms with Crippen LogP contribution in [-0.2, 0) is 11.2 Å². The lowest BCUT2D eigenvalue weighted by Gasteiger charge is -2.03. The molecule has 0 unspecified atom stereocenters. The predicted octanol–water partition coefficient (Wildman–Crippen LogP) is 2.30. The average Bonchev–Trinajstić information content (AvgIpc) is 2.61. The van der Waals surface area contributed by atoms with Crippen LogP contribution in [0.5, 0.6) is 5.75 Å². The molecule has 7 nitrogen and oxygen atoms in total. The van der Waals surface area contributed by atoms with Gasteiger partial charge in [0.25, 0.3) is 5.69 Å². The van der Waals surface area contributed by atoms with Gasteiger partial charge >= 0.3 is 0 Å². The maximum atomic E-state index is 11.9. The van der Waals surface area contributed by atoms with Gasteiger partial charge in [0, 0.05) is 11.6 Å². The Balaban J connectivity index is 1.91. The molecule has 0 saturated carbocycles. The molecule has 0 aromatic heterocycles. The number of terminal acetylenes is 1. The first-order chi connectivity index (χ1) is 12.1. The van der Waals surface area contributed by atoms with E-state index in [2.05, 4.69) is 16.4 Å². The van der Waals surface area contributed by atoms with Crippen molar-refractivity contribution < 1.29 is 14.5 Å². The van der Waals surface area contributed by atoms with Crippen LogP contribution in [0.1, 0.15) is 11.1 Å². The topological polar surface area (TPSA) is 93.8 Å². The Labute approximate surface area is 144 Å². The molecule has 0 bridgehead atoms. The smallest absolute Gasteiger partial charge is 0.273 e. The van der Waals surface area contributed by atoms with Crippen LogP contribution in [-0.4, -0.2) is 23.7 Å². The number of nitro groups is 1. The minimum atomic E-state index is -0.518. The fourth-order valence-electron chi connectivity index (χ4n) is 2.00. The molecule has 0 aliphatic heterocycles. The highest BCUT2D eigenvalue weighted by Gasteiger charge is 2.14. The average molecular weight is 337 g/mol. The molecule has 0 saturated heterocycles. The Hall–Kier alpha value is -3.66. The molecule has 0 aliphatic rings. The number of para-hydroxylation sites is 1. The van der Waals surface area contributed by atoms with Crippen molar-refractivity contribution in [2.75, 3.05) is 6.61 Å². The number of nitrogens with zero attached hydrogens (tertiary/aromatic N) is 2. The molecule has 7 heteroatoms. The number of hydrazone groups is 1. The van der Waals surface area contributed by atoms with Gasteiger partial charge in [-0.25, -0.2) is 5.43 Å². The predicted molar refractivity (Wildman–Crippen MR) is 93.3 cm³/mol. The van der Waals surface area contributed by atoms with E-state index in [9.17, 15) is 14.9 Å².